The van der Waals surface area contributed by atoms with Gasteiger partial charge in [0.15, 0.2) is 11.5 Å². The monoisotopic (exact) mass is 525 g/mol. The van der Waals surface area contributed by atoms with Crippen molar-refractivity contribution >= 4 is 17.6 Å². The van der Waals surface area contributed by atoms with E-state index in [0.717, 1.165) is 5.56 Å². The van der Waals surface area contributed by atoms with Gasteiger partial charge in [-0.05, 0) is 23.3 Å². The predicted octanol–water partition coefficient (Wildman–Crippen LogP) is 4.17. The number of carbonyl (C=O) groups excluding carboxylic acids is 2. The number of rotatable bonds is 8. The highest BCUT2D eigenvalue weighted by atomic mass is 16.5. The highest BCUT2D eigenvalue weighted by Gasteiger charge is 2.43. The average Bonchev–Trinajstić information content (AvgIpc) is 2.99. The maximum atomic E-state index is 13.2. The summed E-state index contributed by atoms with van der Waals surface area (Å²) in [7, 11) is 3.87. The van der Waals surface area contributed by atoms with Crippen molar-refractivity contribution in [1.82, 2.24) is 0 Å². The minimum absolute atomic E-state index is 0.0422. The zero-order chi connectivity index (χ0) is 27.9. The molecule has 0 radical (unpaired) electrons. The molecule has 1 heterocycles. The summed E-state index contributed by atoms with van der Waals surface area (Å²) >= 11 is 0. The number of esters is 2. The molecule has 0 bridgehead atoms. The SMILES string of the molecule is COC(=O)C1=C(C(=O)OC)N(c2ccc(OCc3ccccc3)c(OC)c2)C(N)=C(C#N)C1c1ccccc1. The summed E-state index contributed by atoms with van der Waals surface area (Å²) in [5, 5.41) is 10.2. The number of anilines is 1. The van der Waals surface area contributed by atoms with Crippen LogP contribution in [0.2, 0.25) is 0 Å². The largest absolute Gasteiger partial charge is 0.493 e. The normalized spacial score (nSPS) is 14.9. The van der Waals surface area contributed by atoms with E-state index in [2.05, 4.69) is 6.07 Å². The number of nitrogens with zero attached hydrogens (tertiary/aromatic N) is 2. The molecule has 2 N–H and O–H groups in total. The lowest BCUT2D eigenvalue weighted by molar-refractivity contribution is -0.139. The van der Waals surface area contributed by atoms with Gasteiger partial charge in [-0.2, -0.15) is 5.26 Å². The van der Waals surface area contributed by atoms with E-state index in [4.69, 9.17) is 24.7 Å². The Kier molecular flexibility index (Phi) is 8.17. The molecule has 1 aliphatic rings. The van der Waals surface area contributed by atoms with Crippen molar-refractivity contribution in [3.8, 4) is 17.6 Å². The maximum Gasteiger partial charge on any atom is 0.355 e. The molecule has 0 fully saturated rings. The Morgan fingerprint density at radius 2 is 1.54 bits per heavy atom. The molecule has 9 heteroatoms. The number of methoxy groups -OCH3 is 3. The van der Waals surface area contributed by atoms with Crippen LogP contribution in [0, 0.1) is 11.3 Å². The first-order valence-corrected chi connectivity index (χ1v) is 12.0. The number of hydrogen-bond acceptors (Lipinski definition) is 9. The van der Waals surface area contributed by atoms with Crippen LogP contribution in [0.15, 0.2) is 102 Å². The third kappa shape index (κ3) is 5.26. The van der Waals surface area contributed by atoms with Crippen LogP contribution < -0.4 is 20.1 Å². The summed E-state index contributed by atoms with van der Waals surface area (Å²) in [6.07, 6.45) is 0. The topological polar surface area (TPSA) is 124 Å². The van der Waals surface area contributed by atoms with Crippen LogP contribution in [0.25, 0.3) is 0 Å². The Hall–Kier alpha value is -5.23. The molecule has 3 aromatic carbocycles. The second-order valence-corrected chi connectivity index (χ2v) is 8.44. The van der Waals surface area contributed by atoms with Gasteiger partial charge in [0.2, 0.25) is 0 Å². The van der Waals surface area contributed by atoms with Crippen molar-refractivity contribution in [2.24, 2.45) is 5.73 Å². The van der Waals surface area contributed by atoms with E-state index in [-0.39, 0.29) is 22.7 Å². The number of ether oxygens (including phenoxy) is 4. The Bertz CT molecular complexity index is 1480. The molecule has 4 rings (SSSR count). The molecule has 198 valence electrons. The summed E-state index contributed by atoms with van der Waals surface area (Å²) in [6, 6.07) is 25.5. The predicted molar refractivity (Wildman–Crippen MR) is 143 cm³/mol. The van der Waals surface area contributed by atoms with Crippen LogP contribution in [0.4, 0.5) is 5.69 Å². The number of hydrogen-bond donors (Lipinski definition) is 1. The Labute approximate surface area is 226 Å². The molecule has 0 saturated carbocycles. The van der Waals surface area contributed by atoms with Crippen LogP contribution in [-0.4, -0.2) is 33.3 Å². The number of nitriles is 1. The number of carbonyl (C=O) groups is 2. The fraction of sp³-hybridized carbons (Fsp3) is 0.167. The molecule has 39 heavy (non-hydrogen) atoms. The molecule has 0 saturated heterocycles. The van der Waals surface area contributed by atoms with Gasteiger partial charge in [0.25, 0.3) is 0 Å². The van der Waals surface area contributed by atoms with Crippen molar-refractivity contribution in [1.29, 1.82) is 5.26 Å². The van der Waals surface area contributed by atoms with E-state index >= 15 is 0 Å². The van der Waals surface area contributed by atoms with Gasteiger partial charge < -0.3 is 24.7 Å². The van der Waals surface area contributed by atoms with E-state index in [1.165, 1.54) is 26.2 Å². The van der Waals surface area contributed by atoms with Gasteiger partial charge in [-0.25, -0.2) is 9.59 Å². The van der Waals surface area contributed by atoms with Crippen molar-refractivity contribution < 1.29 is 28.5 Å². The van der Waals surface area contributed by atoms with Crippen molar-refractivity contribution in [3.63, 3.8) is 0 Å². The molecule has 1 atom stereocenters. The second kappa shape index (κ2) is 11.9. The first-order chi connectivity index (χ1) is 18.9. The summed E-state index contributed by atoms with van der Waals surface area (Å²) in [4.78, 5) is 27.7. The molecule has 0 spiro atoms. The van der Waals surface area contributed by atoms with Crippen molar-refractivity contribution in [3.05, 3.63) is 113 Å². The maximum absolute atomic E-state index is 13.2. The van der Waals surface area contributed by atoms with Gasteiger partial charge in [0.05, 0.1) is 50.2 Å². The van der Waals surface area contributed by atoms with Gasteiger partial charge in [0.1, 0.15) is 18.1 Å². The van der Waals surface area contributed by atoms with Crippen LogP contribution in [0.3, 0.4) is 0 Å². The fourth-order valence-corrected chi connectivity index (χ4v) is 4.43. The van der Waals surface area contributed by atoms with Crippen LogP contribution in [0.5, 0.6) is 11.5 Å². The van der Waals surface area contributed by atoms with E-state index in [0.29, 0.717) is 29.4 Å². The molecular weight excluding hydrogens is 498 g/mol. The zero-order valence-corrected chi connectivity index (χ0v) is 21.7. The van der Waals surface area contributed by atoms with E-state index < -0.39 is 17.9 Å². The number of allylic oxidation sites excluding steroid dienone is 1. The molecule has 3 aromatic rings. The third-order valence-corrected chi connectivity index (χ3v) is 6.25. The highest BCUT2D eigenvalue weighted by Crippen LogP contribution is 2.44. The van der Waals surface area contributed by atoms with Gasteiger partial charge in [-0.1, -0.05) is 60.7 Å². The highest BCUT2D eigenvalue weighted by molar-refractivity contribution is 6.06. The average molecular weight is 526 g/mol. The van der Waals surface area contributed by atoms with Gasteiger partial charge in [-0.3, -0.25) is 4.90 Å². The summed E-state index contributed by atoms with van der Waals surface area (Å²) < 4.78 is 21.7. The van der Waals surface area contributed by atoms with Crippen LogP contribution in [-0.2, 0) is 25.7 Å². The smallest absolute Gasteiger partial charge is 0.355 e. The summed E-state index contributed by atoms with van der Waals surface area (Å²) in [5.41, 5.74) is 8.28. The molecule has 0 aliphatic carbocycles. The lowest BCUT2D eigenvalue weighted by Crippen LogP contribution is -2.40. The molecular formula is C30H27N3O6. The lowest BCUT2D eigenvalue weighted by atomic mass is 9.81. The first kappa shape index (κ1) is 26.8. The van der Waals surface area contributed by atoms with E-state index in [1.54, 1.807) is 48.5 Å². The van der Waals surface area contributed by atoms with E-state index in [9.17, 15) is 14.9 Å². The third-order valence-electron chi connectivity index (χ3n) is 6.25. The van der Waals surface area contributed by atoms with E-state index in [1.807, 2.05) is 30.3 Å². The Balaban J connectivity index is 1.88. The lowest BCUT2D eigenvalue weighted by Gasteiger charge is -2.36. The standard InChI is InChI=1S/C30H27N3O6/c1-36-24-16-21(14-15-23(24)39-18-19-10-6-4-7-11-19)33-27(30(35)38-3)26(29(34)37-2)25(22(17-31)28(33)32)20-12-8-5-9-13-20/h4-16,25H,18,32H2,1-3H3. The fourth-order valence-electron chi connectivity index (χ4n) is 4.43. The molecule has 0 amide bonds. The Morgan fingerprint density at radius 3 is 2.13 bits per heavy atom. The minimum atomic E-state index is -0.954. The quantitative estimate of drug-likeness (QED) is 0.432. The Morgan fingerprint density at radius 1 is 0.897 bits per heavy atom. The molecule has 1 unspecified atom stereocenters. The van der Waals surface area contributed by atoms with Crippen molar-refractivity contribution in [2.75, 3.05) is 26.2 Å². The molecule has 9 nitrogen and oxygen atoms in total. The van der Waals surface area contributed by atoms with Crippen LogP contribution >= 0.6 is 0 Å². The summed E-state index contributed by atoms with van der Waals surface area (Å²) in [5.74, 6) is -1.83. The first-order valence-electron chi connectivity index (χ1n) is 12.0. The second-order valence-electron chi connectivity index (χ2n) is 8.44. The molecule has 0 aromatic heterocycles. The summed E-state index contributed by atoms with van der Waals surface area (Å²) in [6.45, 7) is 0.305. The van der Waals surface area contributed by atoms with Crippen molar-refractivity contribution in [2.45, 2.75) is 12.5 Å². The van der Waals surface area contributed by atoms with Gasteiger partial charge >= 0.3 is 11.9 Å². The number of nitrogens with two attached hydrogens (primary N) is 1. The van der Waals surface area contributed by atoms with Gasteiger partial charge in [0, 0.05) is 6.07 Å². The van der Waals surface area contributed by atoms with Crippen LogP contribution in [0.1, 0.15) is 17.0 Å². The van der Waals surface area contributed by atoms with Gasteiger partial charge in [-0.15, -0.1) is 0 Å². The minimum Gasteiger partial charge on any atom is -0.493 e. The number of benzene rings is 3. The zero-order valence-electron chi connectivity index (χ0n) is 21.7. The molecule has 1 aliphatic heterocycles.